The fraction of sp³-hybridized carbons (Fsp3) is 0.227. The predicted octanol–water partition coefficient (Wildman–Crippen LogP) is 6.11. The van der Waals surface area contributed by atoms with Crippen molar-refractivity contribution in [1.29, 1.82) is 0 Å². The maximum atomic E-state index is 6.54. The van der Waals surface area contributed by atoms with Gasteiger partial charge in [0.2, 0.25) is 0 Å². The number of nitrogens with zero attached hydrogens (tertiary/aromatic N) is 3. The highest BCUT2D eigenvalue weighted by Gasteiger charge is 2.29. The van der Waals surface area contributed by atoms with Gasteiger partial charge in [-0.25, -0.2) is 0 Å². The molecule has 3 aromatic rings. The Morgan fingerprint density at radius 2 is 1.68 bits per heavy atom. The van der Waals surface area contributed by atoms with Crippen LogP contribution in [0.2, 0.25) is 15.1 Å². The van der Waals surface area contributed by atoms with Crippen molar-refractivity contribution < 1.29 is 0 Å². The monoisotopic (exact) mass is 431 g/mol. The lowest BCUT2D eigenvalue weighted by atomic mass is 10.0. The maximum absolute atomic E-state index is 6.54. The van der Waals surface area contributed by atoms with Crippen LogP contribution in [0, 0.1) is 0 Å². The number of pyridine rings is 1. The van der Waals surface area contributed by atoms with Crippen LogP contribution in [0.3, 0.4) is 0 Å². The van der Waals surface area contributed by atoms with Crippen LogP contribution in [0.25, 0.3) is 0 Å². The van der Waals surface area contributed by atoms with E-state index >= 15 is 0 Å². The van der Waals surface area contributed by atoms with E-state index in [9.17, 15) is 0 Å². The Kier molecular flexibility index (Phi) is 6.07. The van der Waals surface area contributed by atoms with Crippen LogP contribution < -0.4 is 4.90 Å². The minimum Gasteiger partial charge on any atom is -0.361 e. The summed E-state index contributed by atoms with van der Waals surface area (Å²) in [5, 5.41) is 2.05. The molecule has 2 heterocycles. The highest BCUT2D eigenvalue weighted by Crippen LogP contribution is 2.37. The topological polar surface area (TPSA) is 19.4 Å². The highest BCUT2D eigenvalue weighted by molar-refractivity contribution is 6.36. The molecule has 1 aliphatic rings. The molecule has 1 atom stereocenters. The van der Waals surface area contributed by atoms with Crippen LogP contribution in [0.5, 0.6) is 0 Å². The second-order valence-corrected chi connectivity index (χ2v) is 8.19. The lowest BCUT2D eigenvalue weighted by molar-refractivity contribution is 0.213. The average molecular weight is 433 g/mol. The first-order chi connectivity index (χ1) is 13.6. The standard InChI is InChI=1S/C22H20Cl3N3/c23-17-6-4-16(5-7-17)22-15-27(14-19-3-1-2-10-26-19)11-12-28(22)21-9-8-18(24)13-20(21)25/h1-10,13,22H,11-12,14-15H2/t22-/m0/s1. The molecule has 0 aliphatic carbocycles. The van der Waals surface area contributed by atoms with Crippen LogP contribution in [-0.2, 0) is 6.54 Å². The molecule has 1 saturated heterocycles. The van der Waals surface area contributed by atoms with E-state index in [0.717, 1.165) is 42.6 Å². The zero-order valence-electron chi connectivity index (χ0n) is 15.2. The first kappa shape index (κ1) is 19.5. The van der Waals surface area contributed by atoms with E-state index in [1.165, 1.54) is 5.56 Å². The number of hydrogen-bond acceptors (Lipinski definition) is 3. The largest absolute Gasteiger partial charge is 0.361 e. The summed E-state index contributed by atoms with van der Waals surface area (Å²) in [5.41, 5.74) is 3.29. The fourth-order valence-electron chi connectivity index (χ4n) is 3.68. The normalized spacial score (nSPS) is 17.7. The first-order valence-corrected chi connectivity index (χ1v) is 10.3. The average Bonchev–Trinajstić information content (AvgIpc) is 2.70. The third kappa shape index (κ3) is 4.44. The maximum Gasteiger partial charge on any atom is 0.0670 e. The summed E-state index contributed by atoms with van der Waals surface area (Å²) < 4.78 is 0. The fourth-order valence-corrected chi connectivity index (χ4v) is 4.32. The number of hydrogen-bond donors (Lipinski definition) is 0. The Morgan fingerprint density at radius 1 is 0.893 bits per heavy atom. The van der Waals surface area contributed by atoms with Crippen molar-refractivity contribution in [2.75, 3.05) is 24.5 Å². The molecule has 3 nitrogen and oxygen atoms in total. The van der Waals surface area contributed by atoms with Crippen molar-refractivity contribution in [3.63, 3.8) is 0 Å². The van der Waals surface area contributed by atoms with Gasteiger partial charge in [-0.15, -0.1) is 0 Å². The van der Waals surface area contributed by atoms with Crippen molar-refractivity contribution in [2.45, 2.75) is 12.6 Å². The summed E-state index contributed by atoms with van der Waals surface area (Å²) in [6.45, 7) is 3.49. The van der Waals surface area contributed by atoms with E-state index in [-0.39, 0.29) is 6.04 Å². The van der Waals surface area contributed by atoms with Crippen molar-refractivity contribution in [2.24, 2.45) is 0 Å². The Labute approximate surface area is 180 Å². The van der Waals surface area contributed by atoms with Gasteiger partial charge in [0, 0.05) is 42.4 Å². The van der Waals surface area contributed by atoms with E-state index in [1.807, 2.05) is 42.6 Å². The van der Waals surface area contributed by atoms with Gasteiger partial charge in [0.15, 0.2) is 0 Å². The molecule has 4 rings (SSSR count). The summed E-state index contributed by atoms with van der Waals surface area (Å²) in [6, 6.07) is 20.0. The summed E-state index contributed by atoms with van der Waals surface area (Å²) in [5.74, 6) is 0. The molecule has 2 aromatic carbocycles. The second kappa shape index (κ2) is 8.71. The lowest BCUT2D eigenvalue weighted by Crippen LogP contribution is -2.48. The van der Waals surface area contributed by atoms with Gasteiger partial charge in [0.05, 0.1) is 22.4 Å². The van der Waals surface area contributed by atoms with Gasteiger partial charge < -0.3 is 4.90 Å². The molecule has 0 amide bonds. The summed E-state index contributed by atoms with van der Waals surface area (Å²) in [6.07, 6.45) is 1.84. The molecule has 1 fully saturated rings. The molecule has 6 heteroatoms. The minimum atomic E-state index is 0.161. The molecule has 28 heavy (non-hydrogen) atoms. The summed E-state index contributed by atoms with van der Waals surface area (Å²) in [4.78, 5) is 9.27. The molecule has 0 spiro atoms. The Balaban J connectivity index is 1.63. The van der Waals surface area contributed by atoms with Gasteiger partial charge in [0.25, 0.3) is 0 Å². The van der Waals surface area contributed by atoms with Gasteiger partial charge >= 0.3 is 0 Å². The predicted molar refractivity (Wildman–Crippen MR) is 118 cm³/mol. The highest BCUT2D eigenvalue weighted by atomic mass is 35.5. The van der Waals surface area contributed by atoms with E-state index < -0.39 is 0 Å². The quantitative estimate of drug-likeness (QED) is 0.496. The first-order valence-electron chi connectivity index (χ1n) is 9.19. The number of benzene rings is 2. The molecule has 0 unspecified atom stereocenters. The summed E-state index contributed by atoms with van der Waals surface area (Å²) in [7, 11) is 0. The van der Waals surface area contributed by atoms with Crippen LogP contribution in [-0.4, -0.2) is 29.5 Å². The number of halogens is 3. The van der Waals surface area contributed by atoms with Gasteiger partial charge in [-0.3, -0.25) is 9.88 Å². The number of rotatable bonds is 4. The number of piperazine rings is 1. The Morgan fingerprint density at radius 3 is 2.39 bits per heavy atom. The molecule has 144 valence electrons. The molecule has 1 aromatic heterocycles. The molecule has 0 radical (unpaired) electrons. The third-order valence-corrected chi connectivity index (χ3v) is 5.84. The van der Waals surface area contributed by atoms with Gasteiger partial charge in [0.1, 0.15) is 0 Å². The van der Waals surface area contributed by atoms with Crippen LogP contribution in [0.4, 0.5) is 5.69 Å². The van der Waals surface area contributed by atoms with Crippen LogP contribution >= 0.6 is 34.8 Å². The molecule has 1 aliphatic heterocycles. The molecular weight excluding hydrogens is 413 g/mol. The second-order valence-electron chi connectivity index (χ2n) is 6.91. The van der Waals surface area contributed by atoms with E-state index in [2.05, 4.69) is 33.0 Å². The third-order valence-electron chi connectivity index (χ3n) is 5.05. The molecule has 0 bridgehead atoms. The van der Waals surface area contributed by atoms with E-state index in [4.69, 9.17) is 34.8 Å². The van der Waals surface area contributed by atoms with E-state index in [1.54, 1.807) is 6.07 Å². The van der Waals surface area contributed by atoms with Crippen molar-refractivity contribution in [1.82, 2.24) is 9.88 Å². The lowest BCUT2D eigenvalue weighted by Gasteiger charge is -2.43. The van der Waals surface area contributed by atoms with Gasteiger partial charge in [-0.1, -0.05) is 53.0 Å². The zero-order chi connectivity index (χ0) is 19.5. The smallest absolute Gasteiger partial charge is 0.0670 e. The zero-order valence-corrected chi connectivity index (χ0v) is 17.5. The number of aromatic nitrogens is 1. The molecular formula is C22H20Cl3N3. The molecule has 0 N–H and O–H groups in total. The van der Waals surface area contributed by atoms with Gasteiger partial charge in [-0.2, -0.15) is 0 Å². The SMILES string of the molecule is Clc1ccc([C@@H]2CN(Cc3ccccn3)CCN2c2ccc(Cl)cc2Cl)cc1. The van der Waals surface area contributed by atoms with Gasteiger partial charge in [-0.05, 0) is 48.0 Å². The van der Waals surface area contributed by atoms with Crippen molar-refractivity contribution >= 4 is 40.5 Å². The summed E-state index contributed by atoms with van der Waals surface area (Å²) >= 11 is 18.8. The van der Waals surface area contributed by atoms with Crippen molar-refractivity contribution in [3.05, 3.63) is 93.2 Å². The molecule has 0 saturated carbocycles. The number of anilines is 1. The Bertz CT molecular complexity index is 932. The minimum absolute atomic E-state index is 0.161. The van der Waals surface area contributed by atoms with Crippen molar-refractivity contribution in [3.8, 4) is 0 Å². The van der Waals surface area contributed by atoms with Crippen LogP contribution in [0.15, 0.2) is 66.9 Å². The Hall–Kier alpha value is -1.78. The van der Waals surface area contributed by atoms with E-state index in [0.29, 0.717) is 10.0 Å². The van der Waals surface area contributed by atoms with Crippen LogP contribution in [0.1, 0.15) is 17.3 Å².